The van der Waals surface area contributed by atoms with E-state index in [2.05, 4.69) is 106 Å². The van der Waals surface area contributed by atoms with Crippen molar-refractivity contribution in [1.29, 1.82) is 0 Å². The third-order valence-corrected chi connectivity index (χ3v) is 5.68. The molecule has 1 aliphatic rings. The van der Waals surface area contributed by atoms with Gasteiger partial charge in [-0.25, -0.2) is 0 Å². The molecule has 3 aromatic carbocycles. The number of nitrogens with one attached hydrogen (secondary N) is 1. The summed E-state index contributed by atoms with van der Waals surface area (Å²) in [6.45, 7) is 0. The molecule has 1 saturated carbocycles. The molecule has 1 fully saturated rings. The smallest absolute Gasteiger partial charge is 0.0578 e. The lowest BCUT2D eigenvalue weighted by molar-refractivity contribution is 0.276. The summed E-state index contributed by atoms with van der Waals surface area (Å²) in [5.74, 6) is 0.679. The Hall–Kier alpha value is -1.90. The molecule has 0 radical (unpaired) electrons. The predicted octanol–water partition coefficient (Wildman–Crippen LogP) is 6.07. The van der Waals surface area contributed by atoms with Crippen molar-refractivity contribution in [2.24, 2.45) is 0 Å². The van der Waals surface area contributed by atoms with Crippen LogP contribution in [-0.4, -0.2) is 6.04 Å². The van der Waals surface area contributed by atoms with Crippen LogP contribution in [0.25, 0.3) is 0 Å². The topological polar surface area (TPSA) is 12.0 Å². The van der Waals surface area contributed by atoms with Crippen molar-refractivity contribution in [1.82, 2.24) is 5.32 Å². The van der Waals surface area contributed by atoms with Crippen LogP contribution in [0, 0.1) is 0 Å². The molecule has 126 valence electrons. The first-order valence-electron chi connectivity index (χ1n) is 8.91. The van der Waals surface area contributed by atoms with Gasteiger partial charge >= 0.3 is 0 Å². The van der Waals surface area contributed by atoms with E-state index in [-0.39, 0.29) is 6.04 Å². The second-order valence-corrected chi connectivity index (χ2v) is 7.75. The van der Waals surface area contributed by atoms with Gasteiger partial charge < -0.3 is 5.32 Å². The van der Waals surface area contributed by atoms with Gasteiger partial charge in [-0.15, -0.1) is 0 Å². The molecule has 1 aliphatic carbocycles. The van der Waals surface area contributed by atoms with Gasteiger partial charge in [-0.3, -0.25) is 0 Å². The molecule has 3 aromatic rings. The lowest BCUT2D eigenvalue weighted by Gasteiger charge is -2.39. The van der Waals surface area contributed by atoms with Crippen LogP contribution in [0.4, 0.5) is 0 Å². The summed E-state index contributed by atoms with van der Waals surface area (Å²) in [4.78, 5) is 0. The van der Waals surface area contributed by atoms with Gasteiger partial charge in [-0.1, -0.05) is 88.7 Å². The van der Waals surface area contributed by atoms with Crippen molar-refractivity contribution >= 4 is 15.9 Å². The normalized spacial score (nSPS) is 19.6. The number of rotatable bonds is 5. The maximum atomic E-state index is 3.89. The monoisotopic (exact) mass is 391 g/mol. The second-order valence-electron chi connectivity index (χ2n) is 6.84. The van der Waals surface area contributed by atoms with Gasteiger partial charge in [0, 0.05) is 10.5 Å². The first-order valence-corrected chi connectivity index (χ1v) is 9.70. The highest BCUT2D eigenvalue weighted by Gasteiger charge is 2.32. The van der Waals surface area contributed by atoms with Crippen LogP contribution in [0.3, 0.4) is 0 Å². The maximum absolute atomic E-state index is 3.89. The zero-order chi connectivity index (χ0) is 17.1. The Morgan fingerprint density at radius 3 is 1.76 bits per heavy atom. The van der Waals surface area contributed by atoms with Gasteiger partial charge in [0.15, 0.2) is 0 Å². The molecule has 0 heterocycles. The van der Waals surface area contributed by atoms with E-state index in [4.69, 9.17) is 0 Å². The molecule has 1 N–H and O–H groups in total. The van der Waals surface area contributed by atoms with Crippen LogP contribution in [-0.2, 0) is 0 Å². The van der Waals surface area contributed by atoms with Crippen LogP contribution in [0.2, 0.25) is 0 Å². The third kappa shape index (κ3) is 3.86. The van der Waals surface area contributed by atoms with E-state index in [0.717, 1.165) is 4.47 Å². The average molecular weight is 392 g/mol. The van der Waals surface area contributed by atoms with Crippen molar-refractivity contribution in [2.75, 3.05) is 0 Å². The molecule has 0 spiro atoms. The van der Waals surface area contributed by atoms with Crippen LogP contribution in [0.1, 0.15) is 41.5 Å². The predicted molar refractivity (Wildman–Crippen MR) is 108 cm³/mol. The lowest BCUT2D eigenvalue weighted by Crippen LogP contribution is -2.42. The molecule has 1 nitrogen and oxygen atoms in total. The van der Waals surface area contributed by atoms with Gasteiger partial charge in [-0.05, 0) is 47.6 Å². The molecule has 4 rings (SSSR count). The summed E-state index contributed by atoms with van der Waals surface area (Å²) in [7, 11) is 0. The van der Waals surface area contributed by atoms with Crippen LogP contribution in [0.5, 0.6) is 0 Å². The number of hydrogen-bond acceptors (Lipinski definition) is 1. The number of hydrogen-bond donors (Lipinski definition) is 1. The Labute approximate surface area is 158 Å². The largest absolute Gasteiger partial charge is 0.303 e. The molecule has 0 aromatic heterocycles. The fraction of sp³-hybridized carbons (Fsp3) is 0.217. The Morgan fingerprint density at radius 1 is 0.720 bits per heavy atom. The van der Waals surface area contributed by atoms with E-state index >= 15 is 0 Å². The molecule has 25 heavy (non-hydrogen) atoms. The van der Waals surface area contributed by atoms with E-state index < -0.39 is 0 Å². The molecule has 0 aliphatic heterocycles. The van der Waals surface area contributed by atoms with Crippen molar-refractivity contribution < 1.29 is 0 Å². The molecular formula is C23H22BrN. The Bertz CT molecular complexity index is 753. The quantitative estimate of drug-likeness (QED) is 0.555. The minimum atomic E-state index is 0.262. The lowest BCUT2D eigenvalue weighted by atomic mass is 9.75. The summed E-state index contributed by atoms with van der Waals surface area (Å²) in [5.41, 5.74) is 4.12. The zero-order valence-electron chi connectivity index (χ0n) is 14.1. The van der Waals surface area contributed by atoms with Gasteiger partial charge in [0.2, 0.25) is 0 Å². The second kappa shape index (κ2) is 7.55. The molecule has 0 bridgehead atoms. The standard InChI is InChI=1S/C23H22BrN/c24-21-13-11-17(12-14-21)20-15-22(16-20)25-23(18-7-3-1-4-8-18)19-9-5-2-6-10-19/h1-14,20,22-23,25H,15-16H2. The van der Waals surface area contributed by atoms with Crippen LogP contribution >= 0.6 is 15.9 Å². The highest BCUT2D eigenvalue weighted by atomic mass is 79.9. The van der Waals surface area contributed by atoms with E-state index in [1.165, 1.54) is 29.5 Å². The molecule has 2 heteroatoms. The Kier molecular flexibility index (Phi) is 5.00. The zero-order valence-corrected chi connectivity index (χ0v) is 15.7. The molecule has 0 amide bonds. The fourth-order valence-electron chi connectivity index (χ4n) is 3.67. The van der Waals surface area contributed by atoms with Crippen LogP contribution in [0.15, 0.2) is 89.4 Å². The van der Waals surface area contributed by atoms with Crippen molar-refractivity contribution in [3.8, 4) is 0 Å². The third-order valence-electron chi connectivity index (χ3n) is 5.15. The van der Waals surface area contributed by atoms with Gasteiger partial charge in [0.05, 0.1) is 6.04 Å². The van der Waals surface area contributed by atoms with E-state index in [0.29, 0.717) is 12.0 Å². The first-order chi connectivity index (χ1) is 12.3. The number of halogens is 1. The summed E-state index contributed by atoms with van der Waals surface area (Å²) in [6, 6.07) is 31.1. The first kappa shape index (κ1) is 16.6. The number of benzene rings is 3. The summed E-state index contributed by atoms with van der Waals surface area (Å²) in [5, 5.41) is 3.89. The van der Waals surface area contributed by atoms with Gasteiger partial charge in [-0.2, -0.15) is 0 Å². The minimum Gasteiger partial charge on any atom is -0.303 e. The summed E-state index contributed by atoms with van der Waals surface area (Å²) in [6.07, 6.45) is 2.41. The SMILES string of the molecule is Brc1ccc(C2CC(NC(c3ccccc3)c3ccccc3)C2)cc1. The molecular weight excluding hydrogens is 370 g/mol. The molecule has 0 atom stereocenters. The van der Waals surface area contributed by atoms with Crippen molar-refractivity contribution in [3.63, 3.8) is 0 Å². The Balaban J connectivity index is 1.46. The van der Waals surface area contributed by atoms with Crippen molar-refractivity contribution in [3.05, 3.63) is 106 Å². The van der Waals surface area contributed by atoms with Gasteiger partial charge in [0.25, 0.3) is 0 Å². The van der Waals surface area contributed by atoms with E-state index in [9.17, 15) is 0 Å². The maximum Gasteiger partial charge on any atom is 0.0578 e. The van der Waals surface area contributed by atoms with E-state index in [1.807, 2.05) is 0 Å². The minimum absolute atomic E-state index is 0.262. The Morgan fingerprint density at radius 2 is 1.24 bits per heavy atom. The van der Waals surface area contributed by atoms with E-state index in [1.54, 1.807) is 0 Å². The van der Waals surface area contributed by atoms with Crippen molar-refractivity contribution in [2.45, 2.75) is 30.8 Å². The summed E-state index contributed by atoms with van der Waals surface area (Å²) >= 11 is 3.52. The highest BCUT2D eigenvalue weighted by Crippen LogP contribution is 2.39. The highest BCUT2D eigenvalue weighted by molar-refractivity contribution is 9.10. The molecule has 0 unspecified atom stereocenters. The average Bonchev–Trinajstić information content (AvgIpc) is 2.63. The van der Waals surface area contributed by atoms with Crippen LogP contribution < -0.4 is 5.32 Å². The summed E-state index contributed by atoms with van der Waals surface area (Å²) < 4.78 is 1.15. The fourth-order valence-corrected chi connectivity index (χ4v) is 3.94. The van der Waals surface area contributed by atoms with Gasteiger partial charge in [0.1, 0.15) is 0 Å². The molecule has 0 saturated heterocycles.